The number of nitro benzene ring substituents is 2. The van der Waals surface area contributed by atoms with E-state index in [-0.39, 0.29) is 11.3 Å². The van der Waals surface area contributed by atoms with Crippen molar-refractivity contribution in [2.24, 2.45) is 5.10 Å². The van der Waals surface area contributed by atoms with E-state index in [4.69, 9.17) is 5.11 Å². The summed E-state index contributed by atoms with van der Waals surface area (Å²) in [6.07, 6.45) is 3.09. The minimum Gasteiger partial charge on any atom is -0.478 e. The fourth-order valence-electron chi connectivity index (χ4n) is 2.57. The molecule has 146 valence electrons. The summed E-state index contributed by atoms with van der Waals surface area (Å²) in [6, 6.07) is 12.9. The molecular weight excluding hydrogens is 382 g/mol. The van der Waals surface area contributed by atoms with Crippen LogP contribution in [0.25, 0.3) is 5.69 Å². The van der Waals surface area contributed by atoms with E-state index in [9.17, 15) is 25.0 Å². The maximum Gasteiger partial charge on any atom is 0.335 e. The molecule has 0 radical (unpaired) electrons. The summed E-state index contributed by atoms with van der Waals surface area (Å²) in [5.74, 6) is -1.05. The van der Waals surface area contributed by atoms with Crippen molar-refractivity contribution in [2.45, 2.75) is 0 Å². The smallest absolute Gasteiger partial charge is 0.335 e. The van der Waals surface area contributed by atoms with Gasteiger partial charge in [0.2, 0.25) is 0 Å². The Morgan fingerprint density at radius 3 is 2.55 bits per heavy atom. The van der Waals surface area contributed by atoms with Crippen LogP contribution in [0.3, 0.4) is 0 Å². The van der Waals surface area contributed by atoms with Crippen LogP contribution in [-0.2, 0) is 0 Å². The Labute approximate surface area is 162 Å². The zero-order chi connectivity index (χ0) is 21.0. The van der Waals surface area contributed by atoms with Gasteiger partial charge in [0, 0.05) is 18.0 Å². The van der Waals surface area contributed by atoms with Gasteiger partial charge in [0.1, 0.15) is 5.69 Å². The number of carboxylic acid groups (broad SMARTS) is 1. The van der Waals surface area contributed by atoms with Crippen LogP contribution >= 0.6 is 0 Å². The van der Waals surface area contributed by atoms with Gasteiger partial charge in [0.25, 0.3) is 5.69 Å². The monoisotopic (exact) mass is 395 g/mol. The molecule has 29 heavy (non-hydrogen) atoms. The van der Waals surface area contributed by atoms with E-state index in [1.54, 1.807) is 35.0 Å². The van der Waals surface area contributed by atoms with E-state index in [1.165, 1.54) is 24.4 Å². The molecule has 1 aromatic heterocycles. The number of nitrogens with one attached hydrogen (secondary N) is 1. The highest BCUT2D eigenvalue weighted by atomic mass is 16.6. The van der Waals surface area contributed by atoms with Crippen molar-refractivity contribution < 1.29 is 19.7 Å². The number of hydrazone groups is 1. The zero-order valence-corrected chi connectivity index (χ0v) is 14.6. The molecule has 2 N–H and O–H groups in total. The Hall–Kier alpha value is -4.54. The van der Waals surface area contributed by atoms with E-state index in [0.29, 0.717) is 11.4 Å². The maximum absolute atomic E-state index is 11.2. The number of anilines is 1. The highest BCUT2D eigenvalue weighted by Gasteiger charge is 2.19. The van der Waals surface area contributed by atoms with Crippen LogP contribution in [0.2, 0.25) is 0 Å². The molecule has 0 atom stereocenters. The molecule has 11 nitrogen and oxygen atoms in total. The van der Waals surface area contributed by atoms with Gasteiger partial charge in [-0.05, 0) is 36.4 Å². The lowest BCUT2D eigenvalue weighted by atomic mass is 10.2. The molecule has 0 amide bonds. The summed E-state index contributed by atoms with van der Waals surface area (Å²) in [4.78, 5) is 31.6. The summed E-state index contributed by atoms with van der Waals surface area (Å²) in [6.45, 7) is 0. The molecule has 0 saturated heterocycles. The third-order valence-corrected chi connectivity index (χ3v) is 3.92. The number of aromatic nitrogens is 1. The van der Waals surface area contributed by atoms with Crippen molar-refractivity contribution in [2.75, 3.05) is 5.43 Å². The van der Waals surface area contributed by atoms with Crippen LogP contribution in [0, 0.1) is 20.2 Å². The van der Waals surface area contributed by atoms with Gasteiger partial charge in [-0.3, -0.25) is 25.7 Å². The second-order valence-electron chi connectivity index (χ2n) is 5.74. The average molecular weight is 395 g/mol. The van der Waals surface area contributed by atoms with Crippen molar-refractivity contribution in [3.63, 3.8) is 0 Å². The largest absolute Gasteiger partial charge is 0.478 e. The number of rotatable bonds is 7. The molecule has 11 heteroatoms. The topological polar surface area (TPSA) is 153 Å². The summed E-state index contributed by atoms with van der Waals surface area (Å²) >= 11 is 0. The first kappa shape index (κ1) is 19.2. The Bertz CT molecular complexity index is 1140. The summed E-state index contributed by atoms with van der Waals surface area (Å²) in [5, 5.41) is 35.0. The van der Waals surface area contributed by atoms with Crippen LogP contribution in [-0.4, -0.2) is 31.7 Å². The highest BCUT2D eigenvalue weighted by molar-refractivity contribution is 5.88. The van der Waals surface area contributed by atoms with Gasteiger partial charge in [-0.25, -0.2) is 4.79 Å². The van der Waals surface area contributed by atoms with Crippen LogP contribution in [0.15, 0.2) is 65.9 Å². The Morgan fingerprint density at radius 2 is 1.86 bits per heavy atom. The Kier molecular flexibility index (Phi) is 5.30. The lowest BCUT2D eigenvalue weighted by Crippen LogP contribution is -2.03. The number of nitro groups is 2. The first-order valence-corrected chi connectivity index (χ1v) is 8.10. The predicted molar refractivity (Wildman–Crippen MR) is 104 cm³/mol. The molecular formula is C18H13N5O6. The number of hydrogen-bond donors (Lipinski definition) is 2. The second-order valence-corrected chi connectivity index (χ2v) is 5.74. The van der Waals surface area contributed by atoms with Crippen LogP contribution < -0.4 is 5.43 Å². The first-order valence-electron chi connectivity index (χ1n) is 8.10. The normalized spacial score (nSPS) is 10.8. The SMILES string of the molecule is O=C(O)c1cccc(-n2cccc2/C=N\Nc2ccc([N+](=O)[O-])cc2[N+](=O)[O-])c1. The number of carbonyl (C=O) groups is 1. The maximum atomic E-state index is 11.2. The fourth-order valence-corrected chi connectivity index (χ4v) is 2.57. The lowest BCUT2D eigenvalue weighted by molar-refractivity contribution is -0.393. The molecule has 0 aliphatic rings. The standard InChI is InChI=1S/C18H13N5O6/c24-18(25)12-3-1-4-13(9-12)21-8-2-5-15(21)11-19-20-16-7-6-14(22(26)27)10-17(16)23(28)29/h1-11,20H,(H,24,25)/b19-11-. The molecule has 1 heterocycles. The van der Waals surface area contributed by atoms with Crippen molar-refractivity contribution in [3.05, 3.63) is 92.3 Å². The summed E-state index contributed by atoms with van der Waals surface area (Å²) in [5.41, 5.74) is 2.90. The van der Waals surface area contributed by atoms with E-state index in [2.05, 4.69) is 10.5 Å². The van der Waals surface area contributed by atoms with E-state index >= 15 is 0 Å². The molecule has 3 rings (SSSR count). The Morgan fingerprint density at radius 1 is 1.07 bits per heavy atom. The van der Waals surface area contributed by atoms with Gasteiger partial charge < -0.3 is 9.67 Å². The van der Waals surface area contributed by atoms with Crippen molar-refractivity contribution in [3.8, 4) is 5.69 Å². The minimum absolute atomic E-state index is 0.0113. The third kappa shape index (κ3) is 4.24. The van der Waals surface area contributed by atoms with E-state index in [1.807, 2.05) is 0 Å². The molecule has 0 unspecified atom stereocenters. The van der Waals surface area contributed by atoms with Crippen LogP contribution in [0.5, 0.6) is 0 Å². The number of benzene rings is 2. The first-order chi connectivity index (χ1) is 13.9. The van der Waals surface area contributed by atoms with Gasteiger partial charge in [0.15, 0.2) is 0 Å². The minimum atomic E-state index is -1.05. The van der Waals surface area contributed by atoms with Gasteiger partial charge >= 0.3 is 11.7 Å². The van der Waals surface area contributed by atoms with E-state index < -0.39 is 27.2 Å². The van der Waals surface area contributed by atoms with E-state index in [0.717, 1.165) is 12.1 Å². The predicted octanol–water partition coefficient (Wildman–Crippen LogP) is 3.44. The molecule has 0 bridgehead atoms. The van der Waals surface area contributed by atoms with Crippen molar-refractivity contribution >= 4 is 29.2 Å². The van der Waals surface area contributed by atoms with Gasteiger partial charge in [0.05, 0.1) is 33.4 Å². The molecule has 0 spiro atoms. The fraction of sp³-hybridized carbons (Fsp3) is 0. The highest BCUT2D eigenvalue weighted by Crippen LogP contribution is 2.28. The lowest BCUT2D eigenvalue weighted by Gasteiger charge is -2.07. The quantitative estimate of drug-likeness (QED) is 0.353. The average Bonchev–Trinajstić information content (AvgIpc) is 3.16. The third-order valence-electron chi connectivity index (χ3n) is 3.92. The van der Waals surface area contributed by atoms with Crippen LogP contribution in [0.1, 0.15) is 16.1 Å². The van der Waals surface area contributed by atoms with Crippen molar-refractivity contribution in [1.82, 2.24) is 4.57 Å². The second kappa shape index (κ2) is 8.00. The number of aromatic carboxylic acids is 1. The number of hydrogen-bond acceptors (Lipinski definition) is 7. The molecule has 0 aliphatic heterocycles. The number of carboxylic acids is 1. The number of nitrogens with zero attached hydrogens (tertiary/aromatic N) is 4. The molecule has 0 fully saturated rings. The molecule has 0 saturated carbocycles. The van der Waals surface area contributed by atoms with Gasteiger partial charge in [-0.2, -0.15) is 5.10 Å². The van der Waals surface area contributed by atoms with Gasteiger partial charge in [-0.1, -0.05) is 6.07 Å². The molecule has 2 aromatic carbocycles. The summed E-state index contributed by atoms with van der Waals surface area (Å²) < 4.78 is 1.68. The Balaban J connectivity index is 1.85. The molecule has 3 aromatic rings. The molecule has 0 aliphatic carbocycles. The van der Waals surface area contributed by atoms with Gasteiger partial charge in [-0.15, -0.1) is 0 Å². The van der Waals surface area contributed by atoms with Crippen LogP contribution in [0.4, 0.5) is 17.1 Å². The summed E-state index contributed by atoms with van der Waals surface area (Å²) in [7, 11) is 0. The van der Waals surface area contributed by atoms with Crippen molar-refractivity contribution in [1.29, 1.82) is 0 Å². The number of non-ortho nitro benzene ring substituents is 1. The zero-order valence-electron chi connectivity index (χ0n) is 14.6.